The van der Waals surface area contributed by atoms with Crippen LogP contribution in [0.25, 0.3) is 0 Å². The van der Waals surface area contributed by atoms with E-state index < -0.39 is 0 Å². The molecular weight excluding hydrogens is 154 g/mol. The molecule has 0 amide bonds. The van der Waals surface area contributed by atoms with Crippen molar-refractivity contribution in [3.63, 3.8) is 0 Å². The normalized spacial score (nSPS) is 13.9. The number of hydrogen-bond donors (Lipinski definition) is 1. The predicted octanol–water partition coefficient (Wildman–Crippen LogP) is 2.71. The van der Waals surface area contributed by atoms with Crippen LogP contribution in [0.3, 0.4) is 0 Å². The molecule has 0 spiro atoms. The molecule has 1 atom stereocenters. The highest BCUT2D eigenvalue weighted by molar-refractivity contribution is 7.10. The van der Waals surface area contributed by atoms with Gasteiger partial charge in [0.25, 0.3) is 0 Å². The standard InChI is InChI=1S/C9H15NS/c1-6(2)9(10)8-4-7(3)5-11-8/h4-6,9H,10H2,1-3H3/t9-/m0/s1. The summed E-state index contributed by atoms with van der Waals surface area (Å²) in [6, 6.07) is 2.39. The van der Waals surface area contributed by atoms with Gasteiger partial charge < -0.3 is 5.73 Å². The summed E-state index contributed by atoms with van der Waals surface area (Å²) in [5, 5.41) is 2.15. The predicted molar refractivity (Wildman–Crippen MR) is 50.8 cm³/mol. The smallest absolute Gasteiger partial charge is 0.0413 e. The van der Waals surface area contributed by atoms with E-state index in [0.29, 0.717) is 5.92 Å². The second kappa shape index (κ2) is 3.37. The molecule has 1 aromatic heterocycles. The zero-order chi connectivity index (χ0) is 8.43. The summed E-state index contributed by atoms with van der Waals surface area (Å²) >= 11 is 1.76. The molecule has 2 N–H and O–H groups in total. The quantitative estimate of drug-likeness (QED) is 0.723. The maximum atomic E-state index is 5.96. The van der Waals surface area contributed by atoms with Crippen molar-refractivity contribution in [2.75, 3.05) is 0 Å². The van der Waals surface area contributed by atoms with Crippen LogP contribution >= 0.6 is 11.3 Å². The van der Waals surface area contributed by atoms with Gasteiger partial charge in [-0.3, -0.25) is 0 Å². The van der Waals surface area contributed by atoms with E-state index in [2.05, 4.69) is 32.2 Å². The fourth-order valence-electron chi connectivity index (χ4n) is 0.957. The summed E-state index contributed by atoms with van der Waals surface area (Å²) in [6.07, 6.45) is 0. The van der Waals surface area contributed by atoms with Gasteiger partial charge in [0.15, 0.2) is 0 Å². The van der Waals surface area contributed by atoms with E-state index in [4.69, 9.17) is 5.73 Å². The lowest BCUT2D eigenvalue weighted by Gasteiger charge is -2.12. The Morgan fingerprint density at radius 2 is 2.09 bits per heavy atom. The first-order valence-electron chi connectivity index (χ1n) is 3.92. The third kappa shape index (κ3) is 2.04. The van der Waals surface area contributed by atoms with Gasteiger partial charge >= 0.3 is 0 Å². The Morgan fingerprint density at radius 1 is 1.45 bits per heavy atom. The molecule has 0 bridgehead atoms. The van der Waals surface area contributed by atoms with Gasteiger partial charge in [-0.05, 0) is 29.9 Å². The number of nitrogens with two attached hydrogens (primary N) is 1. The Hall–Kier alpha value is -0.340. The van der Waals surface area contributed by atoms with E-state index in [9.17, 15) is 0 Å². The van der Waals surface area contributed by atoms with Gasteiger partial charge in [-0.25, -0.2) is 0 Å². The lowest BCUT2D eigenvalue weighted by atomic mass is 10.0. The average Bonchev–Trinajstić information content (AvgIpc) is 2.34. The summed E-state index contributed by atoms with van der Waals surface area (Å²) in [6.45, 7) is 6.41. The summed E-state index contributed by atoms with van der Waals surface area (Å²) in [4.78, 5) is 1.30. The molecule has 0 aromatic carbocycles. The van der Waals surface area contributed by atoms with Crippen LogP contribution in [0, 0.1) is 12.8 Å². The molecule has 1 aromatic rings. The van der Waals surface area contributed by atoms with Crippen molar-refractivity contribution in [1.29, 1.82) is 0 Å². The van der Waals surface area contributed by atoms with Gasteiger partial charge in [0.1, 0.15) is 0 Å². The first-order valence-corrected chi connectivity index (χ1v) is 4.80. The highest BCUT2D eigenvalue weighted by atomic mass is 32.1. The molecule has 0 saturated carbocycles. The van der Waals surface area contributed by atoms with Crippen LogP contribution in [0.1, 0.15) is 30.3 Å². The van der Waals surface area contributed by atoms with Gasteiger partial charge in [0, 0.05) is 10.9 Å². The fraction of sp³-hybridized carbons (Fsp3) is 0.556. The number of aryl methyl sites for hydroxylation is 1. The molecule has 0 aliphatic heterocycles. The molecule has 0 saturated heterocycles. The van der Waals surface area contributed by atoms with Crippen LogP contribution < -0.4 is 5.73 Å². The van der Waals surface area contributed by atoms with E-state index in [1.807, 2.05) is 0 Å². The zero-order valence-corrected chi connectivity index (χ0v) is 8.11. The molecule has 0 aliphatic carbocycles. The van der Waals surface area contributed by atoms with E-state index in [1.165, 1.54) is 10.4 Å². The van der Waals surface area contributed by atoms with Crippen LogP contribution in [0.2, 0.25) is 0 Å². The van der Waals surface area contributed by atoms with Gasteiger partial charge in [0.05, 0.1) is 0 Å². The molecule has 1 rings (SSSR count). The van der Waals surface area contributed by atoms with Crippen LogP contribution in [0.4, 0.5) is 0 Å². The Kier molecular flexibility index (Phi) is 2.68. The highest BCUT2D eigenvalue weighted by Crippen LogP contribution is 2.24. The minimum atomic E-state index is 0.216. The highest BCUT2D eigenvalue weighted by Gasteiger charge is 2.11. The number of thiophene rings is 1. The molecule has 0 radical (unpaired) electrons. The molecule has 62 valence electrons. The van der Waals surface area contributed by atoms with Crippen LogP contribution in [-0.4, -0.2) is 0 Å². The van der Waals surface area contributed by atoms with Crippen LogP contribution in [-0.2, 0) is 0 Å². The average molecular weight is 169 g/mol. The second-order valence-corrected chi connectivity index (χ2v) is 4.24. The molecular formula is C9H15NS. The van der Waals surface area contributed by atoms with Crippen molar-refractivity contribution >= 4 is 11.3 Å². The topological polar surface area (TPSA) is 26.0 Å². The maximum Gasteiger partial charge on any atom is 0.0413 e. The Morgan fingerprint density at radius 3 is 2.45 bits per heavy atom. The summed E-state index contributed by atoms with van der Waals surface area (Å²) in [5.41, 5.74) is 7.28. The van der Waals surface area contributed by atoms with Crippen molar-refractivity contribution in [2.24, 2.45) is 11.7 Å². The van der Waals surface area contributed by atoms with E-state index in [0.717, 1.165) is 0 Å². The van der Waals surface area contributed by atoms with Gasteiger partial charge in [-0.2, -0.15) is 0 Å². The van der Waals surface area contributed by atoms with Crippen LogP contribution in [0.15, 0.2) is 11.4 Å². The molecule has 0 aliphatic rings. The molecule has 0 fully saturated rings. The van der Waals surface area contributed by atoms with E-state index >= 15 is 0 Å². The molecule has 1 nitrogen and oxygen atoms in total. The number of hydrogen-bond acceptors (Lipinski definition) is 2. The minimum Gasteiger partial charge on any atom is -0.323 e. The monoisotopic (exact) mass is 169 g/mol. The van der Waals surface area contributed by atoms with Gasteiger partial charge in [-0.1, -0.05) is 13.8 Å². The van der Waals surface area contributed by atoms with Crippen molar-refractivity contribution in [3.8, 4) is 0 Å². The van der Waals surface area contributed by atoms with E-state index in [1.54, 1.807) is 11.3 Å². The Bertz CT molecular complexity index is 227. The Labute approximate surface area is 72.2 Å². The third-order valence-electron chi connectivity index (χ3n) is 1.80. The Balaban J connectivity index is 2.76. The maximum absolute atomic E-state index is 5.96. The zero-order valence-electron chi connectivity index (χ0n) is 7.29. The molecule has 11 heavy (non-hydrogen) atoms. The minimum absolute atomic E-state index is 0.216. The fourth-order valence-corrected chi connectivity index (χ4v) is 2.03. The summed E-state index contributed by atoms with van der Waals surface area (Å²) in [5.74, 6) is 0.535. The van der Waals surface area contributed by atoms with E-state index in [-0.39, 0.29) is 6.04 Å². The van der Waals surface area contributed by atoms with Gasteiger partial charge in [-0.15, -0.1) is 11.3 Å². The van der Waals surface area contributed by atoms with Crippen molar-refractivity contribution < 1.29 is 0 Å². The van der Waals surface area contributed by atoms with Crippen molar-refractivity contribution in [3.05, 3.63) is 21.9 Å². The van der Waals surface area contributed by atoms with Crippen LogP contribution in [0.5, 0.6) is 0 Å². The molecule has 1 heterocycles. The van der Waals surface area contributed by atoms with Crippen molar-refractivity contribution in [1.82, 2.24) is 0 Å². The molecule has 2 heteroatoms. The number of rotatable bonds is 2. The van der Waals surface area contributed by atoms with Crippen molar-refractivity contribution in [2.45, 2.75) is 26.8 Å². The summed E-state index contributed by atoms with van der Waals surface area (Å²) < 4.78 is 0. The molecule has 0 unspecified atom stereocenters. The first kappa shape index (κ1) is 8.75. The SMILES string of the molecule is Cc1csc([C@@H](N)C(C)C)c1. The third-order valence-corrected chi connectivity index (χ3v) is 2.95. The lowest BCUT2D eigenvalue weighted by molar-refractivity contribution is 0.521. The first-order chi connectivity index (χ1) is 5.11. The lowest BCUT2D eigenvalue weighted by Crippen LogP contribution is -2.14. The van der Waals surface area contributed by atoms with Gasteiger partial charge in [0.2, 0.25) is 0 Å². The second-order valence-electron chi connectivity index (χ2n) is 3.30. The largest absolute Gasteiger partial charge is 0.323 e. The summed E-state index contributed by atoms with van der Waals surface area (Å²) in [7, 11) is 0.